The third-order valence-corrected chi connectivity index (χ3v) is 6.28. The number of benzene rings is 1. The molecule has 0 fully saturated rings. The maximum absolute atomic E-state index is 13.2. The Morgan fingerprint density at radius 1 is 1.48 bits per heavy atom. The van der Waals surface area contributed by atoms with Crippen LogP contribution >= 0.6 is 22.9 Å². The summed E-state index contributed by atoms with van der Waals surface area (Å²) in [5, 5.41) is 5.23. The van der Waals surface area contributed by atoms with Crippen molar-refractivity contribution in [2.45, 2.75) is 11.9 Å². The fraction of sp³-hybridized carbons (Fsp3) is 0.200. The number of fused-ring (bicyclic) bond motifs is 2. The topological polar surface area (TPSA) is 75.9 Å². The Bertz CT molecular complexity index is 1000. The van der Waals surface area contributed by atoms with E-state index in [2.05, 4.69) is 10.3 Å². The van der Waals surface area contributed by atoms with Crippen LogP contribution in [0.5, 0.6) is 5.75 Å². The van der Waals surface area contributed by atoms with E-state index in [4.69, 9.17) is 16.3 Å². The number of rotatable bonds is 3. The molecule has 10 heteroatoms. The fourth-order valence-corrected chi connectivity index (χ4v) is 5.11. The highest BCUT2D eigenvalue weighted by molar-refractivity contribution is 7.86. The number of carbonyl (C=O) groups is 1. The van der Waals surface area contributed by atoms with Crippen molar-refractivity contribution in [2.75, 3.05) is 22.8 Å². The number of imidazole rings is 1. The Morgan fingerprint density at radius 3 is 3.12 bits per heavy atom. The number of ether oxygens (including phenoxy) is 1. The first-order valence-corrected chi connectivity index (χ1v) is 9.76. The molecule has 0 saturated heterocycles. The van der Waals surface area contributed by atoms with Gasteiger partial charge in [0.2, 0.25) is 5.91 Å². The van der Waals surface area contributed by atoms with Crippen LogP contribution in [0, 0.1) is 0 Å². The SMILES string of the molecule is CC(=O)Nc1ccc2c(c1)N(S(=O)c1c(Cl)nc3sccn13)CCO2. The van der Waals surface area contributed by atoms with Gasteiger partial charge in [-0.1, -0.05) is 11.6 Å². The minimum absolute atomic E-state index is 0.178. The van der Waals surface area contributed by atoms with Crippen molar-refractivity contribution in [3.05, 3.63) is 34.9 Å². The van der Waals surface area contributed by atoms with E-state index in [0.717, 1.165) is 0 Å². The van der Waals surface area contributed by atoms with E-state index >= 15 is 0 Å². The first kappa shape index (κ1) is 16.4. The Balaban J connectivity index is 1.77. The van der Waals surface area contributed by atoms with E-state index in [-0.39, 0.29) is 11.1 Å². The molecule has 130 valence electrons. The highest BCUT2D eigenvalue weighted by Crippen LogP contribution is 2.37. The van der Waals surface area contributed by atoms with Crippen molar-refractivity contribution in [3.8, 4) is 5.75 Å². The number of anilines is 2. The average molecular weight is 397 g/mol. The van der Waals surface area contributed by atoms with Gasteiger partial charge in [0.1, 0.15) is 12.4 Å². The van der Waals surface area contributed by atoms with Gasteiger partial charge in [0.15, 0.2) is 26.1 Å². The van der Waals surface area contributed by atoms with Gasteiger partial charge < -0.3 is 10.1 Å². The first-order chi connectivity index (χ1) is 12.0. The maximum Gasteiger partial charge on any atom is 0.221 e. The number of hydrogen-bond donors (Lipinski definition) is 1. The van der Waals surface area contributed by atoms with E-state index in [9.17, 15) is 9.00 Å². The second-order valence-corrected chi connectivity index (χ2v) is 7.88. The molecule has 4 rings (SSSR count). The molecule has 0 aliphatic carbocycles. The minimum Gasteiger partial charge on any atom is -0.489 e. The fourth-order valence-electron chi connectivity index (χ4n) is 2.65. The van der Waals surface area contributed by atoms with E-state index in [1.54, 1.807) is 33.1 Å². The summed E-state index contributed by atoms with van der Waals surface area (Å²) in [6.07, 6.45) is 1.79. The molecule has 25 heavy (non-hydrogen) atoms. The van der Waals surface area contributed by atoms with Crippen molar-refractivity contribution in [3.63, 3.8) is 0 Å². The molecule has 0 saturated carbocycles. The Hall–Kier alpha value is -2.10. The van der Waals surface area contributed by atoms with Gasteiger partial charge in [-0.05, 0) is 18.2 Å². The molecule has 3 heterocycles. The van der Waals surface area contributed by atoms with Crippen LogP contribution in [0.1, 0.15) is 6.92 Å². The van der Waals surface area contributed by atoms with Crippen molar-refractivity contribution in [1.29, 1.82) is 0 Å². The zero-order valence-electron chi connectivity index (χ0n) is 13.1. The predicted octanol–water partition coefficient (Wildman–Crippen LogP) is 2.93. The predicted molar refractivity (Wildman–Crippen MR) is 98.1 cm³/mol. The normalized spacial score (nSPS) is 14.9. The Labute approximate surface area is 154 Å². The molecule has 7 nitrogen and oxygen atoms in total. The zero-order chi connectivity index (χ0) is 17.6. The molecule has 0 spiro atoms. The lowest BCUT2D eigenvalue weighted by molar-refractivity contribution is -0.114. The van der Waals surface area contributed by atoms with Crippen LogP contribution in [-0.4, -0.2) is 32.7 Å². The second-order valence-electron chi connectivity index (χ2n) is 5.33. The molecule has 1 aromatic carbocycles. The molecule has 2 aromatic heterocycles. The van der Waals surface area contributed by atoms with E-state index in [1.165, 1.54) is 18.3 Å². The summed E-state index contributed by atoms with van der Waals surface area (Å²) in [5.74, 6) is 0.430. The van der Waals surface area contributed by atoms with Crippen LogP contribution in [0.25, 0.3) is 4.96 Å². The molecule has 1 aliphatic heterocycles. The third kappa shape index (κ3) is 2.88. The highest BCUT2D eigenvalue weighted by Gasteiger charge is 2.28. The second kappa shape index (κ2) is 6.32. The number of nitrogens with zero attached hydrogens (tertiary/aromatic N) is 3. The summed E-state index contributed by atoms with van der Waals surface area (Å²) >= 11 is 7.64. The van der Waals surface area contributed by atoms with E-state index in [0.29, 0.717) is 40.3 Å². The first-order valence-electron chi connectivity index (χ1n) is 7.39. The molecule has 1 atom stereocenters. The summed E-state index contributed by atoms with van der Waals surface area (Å²) in [6, 6.07) is 5.24. The van der Waals surface area contributed by atoms with Crippen LogP contribution in [0.4, 0.5) is 11.4 Å². The van der Waals surface area contributed by atoms with Gasteiger partial charge in [-0.3, -0.25) is 13.5 Å². The minimum atomic E-state index is -1.57. The van der Waals surface area contributed by atoms with E-state index in [1.807, 2.05) is 5.38 Å². The summed E-state index contributed by atoms with van der Waals surface area (Å²) in [7, 11) is -1.57. The van der Waals surface area contributed by atoms with Gasteiger partial charge in [0, 0.05) is 24.2 Å². The Kier molecular flexibility index (Phi) is 4.14. The van der Waals surface area contributed by atoms with Crippen LogP contribution in [0.2, 0.25) is 5.15 Å². The molecule has 0 radical (unpaired) electrons. The van der Waals surface area contributed by atoms with Crippen LogP contribution < -0.4 is 14.4 Å². The molecule has 1 aliphatic rings. The number of thiazole rings is 1. The molecule has 3 aromatic rings. The average Bonchev–Trinajstić information content (AvgIpc) is 3.13. The summed E-state index contributed by atoms with van der Waals surface area (Å²) in [4.78, 5) is 16.2. The molecular weight excluding hydrogens is 384 g/mol. The molecule has 0 bridgehead atoms. The number of halogens is 1. The lowest BCUT2D eigenvalue weighted by Gasteiger charge is -2.30. The number of nitrogens with one attached hydrogen (secondary N) is 1. The highest BCUT2D eigenvalue weighted by atomic mass is 35.5. The molecular formula is C15H13ClN4O3S2. The van der Waals surface area contributed by atoms with Crippen molar-refractivity contribution >= 4 is 56.2 Å². The van der Waals surface area contributed by atoms with Crippen molar-refractivity contribution in [1.82, 2.24) is 9.38 Å². The van der Waals surface area contributed by atoms with Gasteiger partial charge in [-0.25, -0.2) is 9.19 Å². The van der Waals surface area contributed by atoms with Crippen LogP contribution in [0.3, 0.4) is 0 Å². The maximum atomic E-state index is 13.2. The van der Waals surface area contributed by atoms with Gasteiger partial charge in [-0.15, -0.1) is 11.3 Å². The van der Waals surface area contributed by atoms with Gasteiger partial charge >= 0.3 is 0 Å². The standard InChI is InChI=1S/C15H13ClN4O3S2/c1-9(21)17-10-2-3-12-11(8-10)20(4-6-23-12)25(22)14-13(16)18-15-19(14)5-7-24-15/h2-3,5,7-8H,4,6H2,1H3,(H,17,21). The third-order valence-electron chi connectivity index (χ3n) is 3.64. The number of aromatic nitrogens is 2. The molecule has 1 N–H and O–H groups in total. The molecule has 1 amide bonds. The van der Waals surface area contributed by atoms with Gasteiger partial charge in [-0.2, -0.15) is 0 Å². The van der Waals surface area contributed by atoms with Crippen molar-refractivity contribution in [2.24, 2.45) is 0 Å². The number of amides is 1. The van der Waals surface area contributed by atoms with Gasteiger partial charge in [0.25, 0.3) is 0 Å². The number of hydrogen-bond acceptors (Lipinski definition) is 5. The smallest absolute Gasteiger partial charge is 0.221 e. The van der Waals surface area contributed by atoms with Crippen LogP contribution in [0.15, 0.2) is 34.8 Å². The van der Waals surface area contributed by atoms with Crippen molar-refractivity contribution < 1.29 is 13.7 Å². The monoisotopic (exact) mass is 396 g/mol. The van der Waals surface area contributed by atoms with Crippen LogP contribution in [-0.2, 0) is 15.8 Å². The lowest BCUT2D eigenvalue weighted by Crippen LogP contribution is -2.35. The number of carbonyl (C=O) groups excluding carboxylic acids is 1. The van der Waals surface area contributed by atoms with Gasteiger partial charge in [0.05, 0.1) is 12.2 Å². The summed E-state index contributed by atoms with van der Waals surface area (Å²) in [6.45, 7) is 2.27. The van der Waals surface area contributed by atoms with E-state index < -0.39 is 11.0 Å². The largest absolute Gasteiger partial charge is 0.489 e. The molecule has 1 unspecified atom stereocenters. The lowest BCUT2D eigenvalue weighted by atomic mass is 10.2. The summed E-state index contributed by atoms with van der Waals surface area (Å²) in [5.41, 5.74) is 1.25. The zero-order valence-corrected chi connectivity index (χ0v) is 15.5. The quantitative estimate of drug-likeness (QED) is 0.738. The Morgan fingerprint density at radius 2 is 2.32 bits per heavy atom. The summed E-state index contributed by atoms with van der Waals surface area (Å²) < 4.78 is 22.3.